The Morgan fingerprint density at radius 1 is 0.621 bits per heavy atom. The van der Waals surface area contributed by atoms with Crippen molar-refractivity contribution >= 4 is 63.0 Å². The maximum atomic E-state index is 6.11. The zero-order chi connectivity index (χ0) is 19.8. The normalized spacial score (nSPS) is 12.0. The second-order valence-corrected chi connectivity index (χ2v) is 7.69. The van der Waals surface area contributed by atoms with Gasteiger partial charge in [-0.3, -0.25) is 0 Å². The van der Waals surface area contributed by atoms with Crippen molar-refractivity contribution in [3.8, 4) is 0 Å². The number of hydrogen-bond acceptors (Lipinski definition) is 3. The molecular weight excluding hydrogens is 401 g/mol. The minimum absolute atomic E-state index is 0.720. The largest absolute Gasteiger partial charge is 0.355 e. The fraction of sp³-hybridized carbons (Fsp3) is 0. The molecule has 0 amide bonds. The number of halogens is 2. The predicted molar refractivity (Wildman–Crippen MR) is 124 cm³/mol. The van der Waals surface area contributed by atoms with Crippen LogP contribution in [0.2, 0.25) is 10.0 Å². The molecule has 4 aromatic rings. The van der Waals surface area contributed by atoms with E-state index in [1.54, 1.807) is 0 Å². The van der Waals surface area contributed by atoms with Gasteiger partial charge in [0.05, 0.1) is 22.7 Å². The highest BCUT2D eigenvalue weighted by molar-refractivity contribution is 6.31. The summed E-state index contributed by atoms with van der Waals surface area (Å²) in [5.41, 5.74) is 7.29. The molecule has 5 heteroatoms. The van der Waals surface area contributed by atoms with Crippen LogP contribution in [-0.4, -0.2) is 0 Å². The first-order valence-corrected chi connectivity index (χ1v) is 10.0. The van der Waals surface area contributed by atoms with Crippen LogP contribution in [0.4, 0.5) is 39.8 Å². The van der Waals surface area contributed by atoms with Crippen LogP contribution in [0.1, 0.15) is 0 Å². The van der Waals surface area contributed by atoms with Crippen molar-refractivity contribution in [1.82, 2.24) is 0 Å². The summed E-state index contributed by atoms with van der Waals surface area (Å²) in [5.74, 6) is 0. The third kappa shape index (κ3) is 3.51. The maximum absolute atomic E-state index is 6.11. The van der Waals surface area contributed by atoms with E-state index in [0.717, 1.165) is 49.9 Å². The lowest BCUT2D eigenvalue weighted by Gasteiger charge is -2.34. The van der Waals surface area contributed by atoms with Gasteiger partial charge in [0.2, 0.25) is 0 Å². The molecule has 142 valence electrons. The number of nitrogens with zero attached hydrogens (tertiary/aromatic N) is 1. The number of anilines is 7. The molecule has 4 aromatic carbocycles. The second kappa shape index (κ2) is 7.36. The van der Waals surface area contributed by atoms with Crippen molar-refractivity contribution in [3.63, 3.8) is 0 Å². The molecule has 29 heavy (non-hydrogen) atoms. The van der Waals surface area contributed by atoms with Gasteiger partial charge >= 0.3 is 0 Å². The number of hydrogen-bond donors (Lipinski definition) is 2. The van der Waals surface area contributed by atoms with E-state index < -0.39 is 0 Å². The molecule has 0 radical (unpaired) electrons. The highest BCUT2D eigenvalue weighted by Crippen LogP contribution is 2.48. The third-order valence-corrected chi connectivity index (χ3v) is 5.37. The highest BCUT2D eigenvalue weighted by atomic mass is 35.5. The molecule has 0 saturated heterocycles. The lowest BCUT2D eigenvalue weighted by atomic mass is 10.1. The fourth-order valence-electron chi connectivity index (χ4n) is 3.53. The van der Waals surface area contributed by atoms with Gasteiger partial charge < -0.3 is 15.5 Å². The van der Waals surface area contributed by atoms with Crippen molar-refractivity contribution in [2.75, 3.05) is 15.5 Å². The Morgan fingerprint density at radius 3 is 2.00 bits per heavy atom. The van der Waals surface area contributed by atoms with Crippen molar-refractivity contribution in [3.05, 3.63) is 101 Å². The molecular formula is C24H17Cl2N3. The van der Waals surface area contributed by atoms with Crippen LogP contribution in [0.25, 0.3) is 0 Å². The first-order valence-electron chi connectivity index (χ1n) is 9.26. The molecule has 0 spiro atoms. The lowest BCUT2D eigenvalue weighted by Crippen LogP contribution is -2.17. The van der Waals surface area contributed by atoms with E-state index in [4.69, 9.17) is 23.2 Å². The molecule has 1 aliphatic heterocycles. The zero-order valence-electron chi connectivity index (χ0n) is 15.4. The van der Waals surface area contributed by atoms with Gasteiger partial charge in [0.1, 0.15) is 0 Å². The molecule has 0 unspecified atom stereocenters. The van der Waals surface area contributed by atoms with Crippen molar-refractivity contribution in [2.45, 2.75) is 0 Å². The predicted octanol–water partition coefficient (Wildman–Crippen LogP) is 8.26. The van der Waals surface area contributed by atoms with Crippen LogP contribution in [0.5, 0.6) is 0 Å². The Balaban J connectivity index is 1.56. The van der Waals surface area contributed by atoms with Gasteiger partial charge in [0, 0.05) is 27.1 Å². The molecule has 0 aromatic heterocycles. The quantitative estimate of drug-likeness (QED) is 0.309. The van der Waals surface area contributed by atoms with Crippen LogP contribution in [0.15, 0.2) is 91.0 Å². The molecule has 0 atom stereocenters. The van der Waals surface area contributed by atoms with Crippen molar-refractivity contribution in [2.24, 2.45) is 0 Å². The third-order valence-electron chi connectivity index (χ3n) is 4.87. The van der Waals surface area contributed by atoms with Gasteiger partial charge in [0.25, 0.3) is 0 Å². The van der Waals surface area contributed by atoms with Gasteiger partial charge in [-0.25, -0.2) is 0 Å². The van der Waals surface area contributed by atoms with Gasteiger partial charge in [0.15, 0.2) is 0 Å². The maximum Gasteiger partial charge on any atom is 0.0699 e. The molecule has 5 rings (SSSR count). The van der Waals surface area contributed by atoms with Crippen LogP contribution in [-0.2, 0) is 0 Å². The highest BCUT2D eigenvalue weighted by Gasteiger charge is 2.23. The molecule has 0 aliphatic carbocycles. The minimum Gasteiger partial charge on any atom is -0.355 e. The standard InChI is InChI=1S/C24H17Cl2N3/c25-16-5-9-18(10-6-16)27-19-11-14-24-22(15-19)28-21-3-1-2-4-23(21)29(24)20-12-7-17(26)8-13-20/h1-15,27-28H. The Morgan fingerprint density at radius 2 is 1.24 bits per heavy atom. The van der Waals surface area contributed by atoms with Crippen LogP contribution < -0.4 is 15.5 Å². The second-order valence-electron chi connectivity index (χ2n) is 6.82. The molecule has 3 nitrogen and oxygen atoms in total. The molecule has 1 aliphatic rings. The van der Waals surface area contributed by atoms with Gasteiger partial charge in [-0.2, -0.15) is 0 Å². The Kier molecular flexibility index (Phi) is 4.55. The summed E-state index contributed by atoms with van der Waals surface area (Å²) in [6.45, 7) is 0. The first-order chi connectivity index (χ1) is 14.2. The number of para-hydroxylation sites is 2. The summed E-state index contributed by atoms with van der Waals surface area (Å²) in [4.78, 5) is 2.24. The van der Waals surface area contributed by atoms with Crippen molar-refractivity contribution in [1.29, 1.82) is 0 Å². The average molecular weight is 418 g/mol. The van der Waals surface area contributed by atoms with Gasteiger partial charge in [-0.1, -0.05) is 35.3 Å². The number of nitrogens with one attached hydrogen (secondary N) is 2. The smallest absolute Gasteiger partial charge is 0.0699 e. The summed E-state index contributed by atoms with van der Waals surface area (Å²) in [5, 5.41) is 8.43. The van der Waals surface area contributed by atoms with E-state index in [2.05, 4.69) is 45.9 Å². The first kappa shape index (κ1) is 17.9. The molecule has 2 N–H and O–H groups in total. The van der Waals surface area contributed by atoms with E-state index in [1.165, 1.54) is 0 Å². The van der Waals surface area contributed by atoms with E-state index >= 15 is 0 Å². The van der Waals surface area contributed by atoms with Gasteiger partial charge in [-0.05, 0) is 78.9 Å². The molecule has 0 bridgehead atoms. The lowest BCUT2D eigenvalue weighted by molar-refractivity contribution is 1.25. The average Bonchev–Trinajstić information content (AvgIpc) is 2.74. The minimum atomic E-state index is 0.720. The number of rotatable bonds is 3. The molecule has 1 heterocycles. The topological polar surface area (TPSA) is 27.3 Å². The van der Waals surface area contributed by atoms with Crippen LogP contribution in [0.3, 0.4) is 0 Å². The SMILES string of the molecule is Clc1ccc(Nc2ccc3c(c2)Nc2ccccc2N3c2ccc(Cl)cc2)cc1. The van der Waals surface area contributed by atoms with Crippen molar-refractivity contribution < 1.29 is 0 Å². The van der Waals surface area contributed by atoms with E-state index in [0.29, 0.717) is 0 Å². The van der Waals surface area contributed by atoms with E-state index in [1.807, 2.05) is 60.7 Å². The monoisotopic (exact) mass is 417 g/mol. The zero-order valence-corrected chi connectivity index (χ0v) is 16.9. The molecule has 0 saturated carbocycles. The Bertz CT molecular complexity index is 1170. The fourth-order valence-corrected chi connectivity index (χ4v) is 3.78. The Labute approximate surface area is 179 Å². The Hall–Kier alpha value is -3.14. The van der Waals surface area contributed by atoms with Crippen LogP contribution in [0, 0.1) is 0 Å². The van der Waals surface area contributed by atoms with E-state index in [9.17, 15) is 0 Å². The summed E-state index contributed by atoms with van der Waals surface area (Å²) >= 11 is 12.1. The summed E-state index contributed by atoms with van der Waals surface area (Å²) < 4.78 is 0. The number of fused-ring (bicyclic) bond motifs is 2. The summed E-state index contributed by atoms with van der Waals surface area (Å²) in [6.07, 6.45) is 0. The number of benzene rings is 4. The molecule has 0 fully saturated rings. The summed E-state index contributed by atoms with van der Waals surface area (Å²) in [7, 11) is 0. The van der Waals surface area contributed by atoms with Gasteiger partial charge in [-0.15, -0.1) is 0 Å². The van der Waals surface area contributed by atoms with E-state index in [-0.39, 0.29) is 0 Å². The van der Waals surface area contributed by atoms with Crippen LogP contribution >= 0.6 is 23.2 Å². The summed E-state index contributed by atoms with van der Waals surface area (Å²) in [6, 6.07) is 30.2.